The lowest BCUT2D eigenvalue weighted by atomic mass is 10.0. The van der Waals surface area contributed by atoms with Crippen molar-refractivity contribution in [1.82, 2.24) is 0 Å². The number of ether oxygens (including phenoxy) is 2. The number of aliphatic hydroxyl groups excluding tert-OH is 1. The molecule has 0 aliphatic carbocycles. The van der Waals surface area contributed by atoms with Gasteiger partial charge in [0, 0.05) is 12.8 Å². The zero-order chi connectivity index (χ0) is 52.0. The van der Waals surface area contributed by atoms with Crippen molar-refractivity contribution in [1.29, 1.82) is 0 Å². The van der Waals surface area contributed by atoms with Gasteiger partial charge in [0.15, 0.2) is 6.10 Å². The first-order valence-corrected chi connectivity index (χ1v) is 30.4. The summed E-state index contributed by atoms with van der Waals surface area (Å²) in [5.74, 6) is -0.608. The van der Waals surface area contributed by atoms with Crippen molar-refractivity contribution < 1.29 is 24.2 Å². The number of rotatable bonds is 55. The number of hydrogen-bond donors (Lipinski definition) is 1. The third-order valence-electron chi connectivity index (χ3n) is 13.1. The third-order valence-corrected chi connectivity index (χ3v) is 13.1. The molecule has 1 atom stereocenters. The standard InChI is InChI=1S/C67H114O5/c1-3-5-7-9-11-13-15-17-19-21-23-25-27-29-30-31-32-33-34-35-36-38-40-42-44-46-48-50-52-54-56-58-60-62-67(70)72-65(63-68)64-71-66(69)61-59-57-55-53-51-49-47-45-43-41-39-37-28-26-24-22-20-18-16-14-12-10-8-6-4-2/h5,7,11,13,17,19,23,25,29-30,32-33,35-36,40,42,46,48,65,68H,3-4,6,8-10,12,14-16,18,20-22,24,26-28,31,34,37-39,41,43-45,47,49-64H2,1-2H3/b7-5-,13-11-,19-17-,25-23-,30-29-,33-32-,36-35-,42-40-,48-46-. The van der Waals surface area contributed by atoms with Gasteiger partial charge in [0.05, 0.1) is 6.61 Å². The molecule has 0 aromatic heterocycles. The molecule has 0 spiro atoms. The minimum Gasteiger partial charge on any atom is -0.462 e. The number of esters is 2. The van der Waals surface area contributed by atoms with Crippen LogP contribution in [0.15, 0.2) is 109 Å². The number of carbonyl (C=O) groups is 2. The minimum atomic E-state index is -0.789. The Kier molecular flexibility index (Phi) is 58.9. The van der Waals surface area contributed by atoms with E-state index in [0.717, 1.165) is 116 Å². The van der Waals surface area contributed by atoms with Gasteiger partial charge in [-0.15, -0.1) is 0 Å². The Labute approximate surface area is 446 Å². The Balaban J connectivity index is 3.57. The van der Waals surface area contributed by atoms with Crippen LogP contribution in [-0.2, 0) is 19.1 Å². The molecule has 0 rings (SSSR count). The van der Waals surface area contributed by atoms with Crippen LogP contribution in [0.5, 0.6) is 0 Å². The SMILES string of the molecule is CC/C=C\C/C=C\C/C=C\C/C=C\C/C=C\C/C=C\C/C=C\C/C=C\C/C=C\CCCCCCCC(=O)OC(CO)COC(=O)CCCCCCCCCCCCCCCCCCCCCCCCCCC. The van der Waals surface area contributed by atoms with E-state index in [0.29, 0.717) is 12.8 Å². The predicted octanol–water partition coefficient (Wildman–Crippen LogP) is 20.9. The lowest BCUT2D eigenvalue weighted by Crippen LogP contribution is -2.28. The summed E-state index contributed by atoms with van der Waals surface area (Å²) in [4.78, 5) is 24.6. The number of allylic oxidation sites excluding steroid dienone is 18. The first-order chi connectivity index (χ1) is 35.6. The summed E-state index contributed by atoms with van der Waals surface area (Å²) >= 11 is 0. The summed E-state index contributed by atoms with van der Waals surface area (Å²) in [6.07, 6.45) is 89.3. The maximum absolute atomic E-state index is 12.3. The molecule has 0 fully saturated rings. The summed E-state index contributed by atoms with van der Waals surface area (Å²) in [5.41, 5.74) is 0. The number of unbranched alkanes of at least 4 members (excludes halogenated alkanes) is 29. The van der Waals surface area contributed by atoms with Crippen LogP contribution in [0.25, 0.3) is 0 Å². The van der Waals surface area contributed by atoms with Gasteiger partial charge in [-0.1, -0.05) is 297 Å². The van der Waals surface area contributed by atoms with Crippen molar-refractivity contribution in [3.05, 3.63) is 109 Å². The van der Waals surface area contributed by atoms with Crippen LogP contribution in [0.1, 0.15) is 284 Å². The van der Waals surface area contributed by atoms with E-state index in [1.54, 1.807) is 0 Å². The maximum atomic E-state index is 12.3. The van der Waals surface area contributed by atoms with Crippen molar-refractivity contribution in [2.45, 2.75) is 290 Å². The number of carbonyl (C=O) groups excluding carboxylic acids is 2. The molecular weight excluding hydrogens is 885 g/mol. The first-order valence-electron chi connectivity index (χ1n) is 30.4. The van der Waals surface area contributed by atoms with Gasteiger partial charge >= 0.3 is 11.9 Å². The quantitative estimate of drug-likeness (QED) is 0.0373. The molecule has 0 aromatic rings. The topological polar surface area (TPSA) is 72.8 Å². The smallest absolute Gasteiger partial charge is 0.306 e. The van der Waals surface area contributed by atoms with E-state index >= 15 is 0 Å². The van der Waals surface area contributed by atoms with Crippen molar-refractivity contribution in [2.24, 2.45) is 0 Å². The summed E-state index contributed by atoms with van der Waals surface area (Å²) in [5, 5.41) is 9.67. The molecule has 0 bridgehead atoms. The summed E-state index contributed by atoms with van der Waals surface area (Å²) in [7, 11) is 0. The molecule has 0 radical (unpaired) electrons. The molecule has 1 N–H and O–H groups in total. The van der Waals surface area contributed by atoms with Crippen LogP contribution >= 0.6 is 0 Å². The Morgan fingerprint density at radius 3 is 0.903 bits per heavy atom. The fourth-order valence-electron chi connectivity index (χ4n) is 8.55. The molecule has 5 nitrogen and oxygen atoms in total. The van der Waals surface area contributed by atoms with Gasteiger partial charge in [-0.2, -0.15) is 0 Å². The summed E-state index contributed by atoms with van der Waals surface area (Å²) in [6.45, 7) is 4.04. The largest absolute Gasteiger partial charge is 0.462 e. The lowest BCUT2D eigenvalue weighted by Gasteiger charge is -2.15. The van der Waals surface area contributed by atoms with Crippen LogP contribution < -0.4 is 0 Å². The van der Waals surface area contributed by atoms with E-state index in [-0.39, 0.29) is 25.2 Å². The molecular formula is C67H114O5. The highest BCUT2D eigenvalue weighted by molar-refractivity contribution is 5.70. The van der Waals surface area contributed by atoms with Crippen LogP contribution in [0, 0.1) is 0 Å². The van der Waals surface area contributed by atoms with Crippen LogP contribution in [-0.4, -0.2) is 36.4 Å². The van der Waals surface area contributed by atoms with E-state index in [4.69, 9.17) is 9.47 Å². The molecule has 1 unspecified atom stereocenters. The fourth-order valence-corrected chi connectivity index (χ4v) is 8.55. The Morgan fingerprint density at radius 1 is 0.333 bits per heavy atom. The minimum absolute atomic E-state index is 0.0768. The average Bonchev–Trinajstić information content (AvgIpc) is 3.38. The molecule has 0 saturated carbocycles. The van der Waals surface area contributed by atoms with Gasteiger partial charge in [-0.05, 0) is 83.5 Å². The third kappa shape index (κ3) is 59.1. The molecule has 0 saturated heterocycles. The highest BCUT2D eigenvalue weighted by Gasteiger charge is 2.16. The normalized spacial score (nSPS) is 13.0. The van der Waals surface area contributed by atoms with Crippen molar-refractivity contribution in [2.75, 3.05) is 13.2 Å². The second kappa shape index (κ2) is 61.9. The van der Waals surface area contributed by atoms with Gasteiger partial charge in [-0.25, -0.2) is 0 Å². The summed E-state index contributed by atoms with van der Waals surface area (Å²) < 4.78 is 10.7. The predicted molar refractivity (Wildman–Crippen MR) is 315 cm³/mol. The van der Waals surface area contributed by atoms with Gasteiger partial charge < -0.3 is 14.6 Å². The second-order valence-electron chi connectivity index (χ2n) is 20.1. The van der Waals surface area contributed by atoms with E-state index in [1.165, 1.54) is 141 Å². The first kappa shape index (κ1) is 68.6. The average molecular weight is 1000 g/mol. The zero-order valence-corrected chi connectivity index (χ0v) is 47.2. The van der Waals surface area contributed by atoms with Crippen molar-refractivity contribution >= 4 is 11.9 Å². The Morgan fingerprint density at radius 2 is 0.597 bits per heavy atom. The van der Waals surface area contributed by atoms with E-state index in [1.807, 2.05) is 0 Å². The zero-order valence-electron chi connectivity index (χ0n) is 47.2. The highest BCUT2D eigenvalue weighted by Crippen LogP contribution is 2.17. The molecule has 0 amide bonds. The molecule has 0 heterocycles. The van der Waals surface area contributed by atoms with Crippen molar-refractivity contribution in [3.8, 4) is 0 Å². The molecule has 0 aliphatic heterocycles. The monoisotopic (exact) mass is 999 g/mol. The fraction of sp³-hybridized carbons (Fsp3) is 0.701. The Hall–Kier alpha value is -3.44. The van der Waals surface area contributed by atoms with Crippen molar-refractivity contribution in [3.63, 3.8) is 0 Å². The molecule has 0 aromatic carbocycles. The number of aliphatic hydroxyl groups is 1. The van der Waals surface area contributed by atoms with Gasteiger partial charge in [0.1, 0.15) is 6.61 Å². The van der Waals surface area contributed by atoms with Gasteiger partial charge in [0.25, 0.3) is 0 Å². The highest BCUT2D eigenvalue weighted by atomic mass is 16.6. The van der Waals surface area contributed by atoms with Crippen LogP contribution in [0.4, 0.5) is 0 Å². The van der Waals surface area contributed by atoms with E-state index in [2.05, 4.69) is 123 Å². The molecule has 0 aliphatic rings. The van der Waals surface area contributed by atoms with E-state index < -0.39 is 6.10 Å². The van der Waals surface area contributed by atoms with Gasteiger partial charge in [-0.3, -0.25) is 9.59 Å². The van der Waals surface area contributed by atoms with Gasteiger partial charge in [0.2, 0.25) is 0 Å². The van der Waals surface area contributed by atoms with Crippen LogP contribution in [0.2, 0.25) is 0 Å². The lowest BCUT2D eigenvalue weighted by molar-refractivity contribution is -0.161. The second-order valence-corrected chi connectivity index (χ2v) is 20.1. The molecule has 72 heavy (non-hydrogen) atoms. The molecule has 412 valence electrons. The van der Waals surface area contributed by atoms with E-state index in [9.17, 15) is 14.7 Å². The Bertz CT molecular complexity index is 1410. The summed E-state index contributed by atoms with van der Waals surface area (Å²) in [6, 6.07) is 0. The van der Waals surface area contributed by atoms with Crippen LogP contribution in [0.3, 0.4) is 0 Å². The maximum Gasteiger partial charge on any atom is 0.306 e. The number of hydrogen-bond acceptors (Lipinski definition) is 5. The molecule has 5 heteroatoms.